The summed E-state index contributed by atoms with van der Waals surface area (Å²) in [6.45, 7) is 10.8. The number of rotatable bonds is 2. The molecule has 148 valence electrons. The predicted octanol–water partition coefficient (Wildman–Crippen LogP) is 3.12. The molecule has 0 unspecified atom stereocenters. The fourth-order valence-electron chi connectivity index (χ4n) is 3.54. The Balaban J connectivity index is 1.56. The number of hydrogen-bond donors (Lipinski definition) is 1. The lowest BCUT2D eigenvalue weighted by atomic mass is 10.0. The van der Waals surface area contributed by atoms with Crippen molar-refractivity contribution in [2.45, 2.75) is 71.6 Å². The maximum Gasteiger partial charge on any atom is 0.410 e. The number of piperidine rings is 1. The number of nitrogens with zero attached hydrogens (tertiary/aromatic N) is 1. The summed E-state index contributed by atoms with van der Waals surface area (Å²) in [4.78, 5) is 26.6. The first-order valence-electron chi connectivity index (χ1n) is 9.67. The summed E-state index contributed by atoms with van der Waals surface area (Å²) in [6, 6.07) is 4.03. The lowest BCUT2D eigenvalue weighted by molar-refractivity contribution is -0.128. The van der Waals surface area contributed by atoms with Gasteiger partial charge in [-0.2, -0.15) is 0 Å². The molecule has 2 amide bonds. The SMILES string of the molecule is Cc1cc2c(cc1C)O[C@@H](C(=O)N[C@@H]1CCCN(C(=O)OC(C)(C)C)C1)C2. The molecule has 6 heteroatoms. The van der Waals surface area contributed by atoms with Crippen molar-refractivity contribution < 1.29 is 19.1 Å². The third-order valence-corrected chi connectivity index (χ3v) is 5.06. The molecule has 2 heterocycles. The molecule has 1 aromatic rings. The number of carbonyl (C=O) groups is 2. The van der Waals surface area contributed by atoms with E-state index in [-0.39, 0.29) is 18.0 Å². The normalized spacial score (nSPS) is 22.0. The Labute approximate surface area is 161 Å². The van der Waals surface area contributed by atoms with E-state index in [1.54, 1.807) is 4.90 Å². The maximum absolute atomic E-state index is 12.7. The van der Waals surface area contributed by atoms with Crippen LogP contribution in [0.1, 0.15) is 50.3 Å². The Morgan fingerprint density at radius 2 is 1.93 bits per heavy atom. The standard InChI is InChI=1S/C21H30N2O4/c1-13-9-15-11-18(26-17(15)10-14(13)2)19(24)22-16-7-6-8-23(12-16)20(25)27-21(3,4)5/h9-10,16,18H,6-8,11-12H2,1-5H3,(H,22,24)/t16-,18-/m1/s1. The highest BCUT2D eigenvalue weighted by molar-refractivity contribution is 5.83. The van der Waals surface area contributed by atoms with Crippen LogP contribution in [0.5, 0.6) is 5.75 Å². The average molecular weight is 374 g/mol. The van der Waals surface area contributed by atoms with Crippen molar-refractivity contribution in [3.8, 4) is 5.75 Å². The summed E-state index contributed by atoms with van der Waals surface area (Å²) < 4.78 is 11.3. The third-order valence-electron chi connectivity index (χ3n) is 5.06. The van der Waals surface area contributed by atoms with Crippen LogP contribution in [0.4, 0.5) is 4.79 Å². The second kappa shape index (κ2) is 7.41. The Bertz CT molecular complexity index is 707. The number of carbonyl (C=O) groups excluding carboxylic acids is 2. The van der Waals surface area contributed by atoms with E-state index in [1.807, 2.05) is 33.8 Å². The molecule has 0 saturated carbocycles. The van der Waals surface area contributed by atoms with Gasteiger partial charge in [-0.3, -0.25) is 4.79 Å². The number of nitrogens with one attached hydrogen (secondary N) is 1. The Kier molecular flexibility index (Phi) is 5.36. The summed E-state index contributed by atoms with van der Waals surface area (Å²) in [5.74, 6) is 0.690. The highest BCUT2D eigenvalue weighted by Gasteiger charge is 2.33. The van der Waals surface area contributed by atoms with E-state index in [0.29, 0.717) is 19.5 Å². The molecular weight excluding hydrogens is 344 g/mol. The first-order chi connectivity index (χ1) is 12.6. The van der Waals surface area contributed by atoms with E-state index < -0.39 is 11.7 Å². The minimum atomic E-state index is -0.521. The van der Waals surface area contributed by atoms with Crippen molar-refractivity contribution in [2.24, 2.45) is 0 Å². The van der Waals surface area contributed by atoms with Crippen molar-refractivity contribution in [3.63, 3.8) is 0 Å². The van der Waals surface area contributed by atoms with E-state index in [0.717, 1.165) is 29.7 Å². The molecule has 27 heavy (non-hydrogen) atoms. The van der Waals surface area contributed by atoms with Gasteiger partial charge in [-0.15, -0.1) is 0 Å². The van der Waals surface area contributed by atoms with Crippen LogP contribution in [0.3, 0.4) is 0 Å². The molecule has 6 nitrogen and oxygen atoms in total. The first-order valence-corrected chi connectivity index (χ1v) is 9.67. The van der Waals surface area contributed by atoms with Gasteiger partial charge < -0.3 is 19.7 Å². The van der Waals surface area contributed by atoms with Gasteiger partial charge >= 0.3 is 6.09 Å². The summed E-state index contributed by atoms with van der Waals surface area (Å²) in [7, 11) is 0. The number of hydrogen-bond acceptors (Lipinski definition) is 4. The zero-order valence-corrected chi connectivity index (χ0v) is 16.9. The van der Waals surface area contributed by atoms with Crippen LogP contribution in [-0.4, -0.2) is 47.7 Å². The molecule has 0 spiro atoms. The van der Waals surface area contributed by atoms with Crippen molar-refractivity contribution in [3.05, 3.63) is 28.8 Å². The van der Waals surface area contributed by atoms with Crippen molar-refractivity contribution in [1.82, 2.24) is 10.2 Å². The van der Waals surface area contributed by atoms with Crippen LogP contribution in [0.2, 0.25) is 0 Å². The first kappa shape index (κ1) is 19.5. The molecule has 2 aliphatic heterocycles. The minimum Gasteiger partial charge on any atom is -0.480 e. The number of ether oxygens (including phenoxy) is 2. The summed E-state index contributed by atoms with van der Waals surface area (Å²) in [5.41, 5.74) is 2.93. The molecule has 1 N–H and O–H groups in total. The zero-order valence-electron chi connectivity index (χ0n) is 16.9. The van der Waals surface area contributed by atoms with Gasteiger partial charge in [0.05, 0.1) is 0 Å². The number of benzene rings is 1. The van der Waals surface area contributed by atoms with Crippen LogP contribution >= 0.6 is 0 Å². The zero-order chi connectivity index (χ0) is 19.8. The van der Waals surface area contributed by atoms with Gasteiger partial charge in [0.1, 0.15) is 11.4 Å². The van der Waals surface area contributed by atoms with Crippen LogP contribution < -0.4 is 10.1 Å². The highest BCUT2D eigenvalue weighted by Crippen LogP contribution is 2.31. The van der Waals surface area contributed by atoms with Gasteiger partial charge in [0, 0.05) is 25.6 Å². The van der Waals surface area contributed by atoms with E-state index >= 15 is 0 Å². The van der Waals surface area contributed by atoms with E-state index in [1.165, 1.54) is 5.56 Å². The molecule has 1 aromatic carbocycles. The van der Waals surface area contributed by atoms with Gasteiger partial charge in [-0.1, -0.05) is 6.07 Å². The van der Waals surface area contributed by atoms with Crippen molar-refractivity contribution in [1.29, 1.82) is 0 Å². The van der Waals surface area contributed by atoms with Gasteiger partial charge in [-0.25, -0.2) is 4.79 Å². The molecule has 0 bridgehead atoms. The van der Waals surface area contributed by atoms with Crippen molar-refractivity contribution in [2.75, 3.05) is 13.1 Å². The predicted molar refractivity (Wildman–Crippen MR) is 103 cm³/mol. The number of aryl methyl sites for hydroxylation is 2. The van der Waals surface area contributed by atoms with Crippen molar-refractivity contribution >= 4 is 12.0 Å². The second-order valence-electron chi connectivity index (χ2n) is 8.63. The van der Waals surface area contributed by atoms with E-state index in [9.17, 15) is 9.59 Å². The third kappa shape index (κ3) is 4.73. The summed E-state index contributed by atoms with van der Waals surface area (Å²) >= 11 is 0. The molecule has 1 saturated heterocycles. The molecule has 3 rings (SSSR count). The van der Waals surface area contributed by atoms with Crippen LogP contribution in [0.15, 0.2) is 12.1 Å². The average Bonchev–Trinajstić information content (AvgIpc) is 2.97. The highest BCUT2D eigenvalue weighted by atomic mass is 16.6. The lowest BCUT2D eigenvalue weighted by Crippen LogP contribution is -2.53. The quantitative estimate of drug-likeness (QED) is 0.864. The van der Waals surface area contributed by atoms with Crippen LogP contribution in [0, 0.1) is 13.8 Å². The molecular formula is C21H30N2O4. The Morgan fingerprint density at radius 3 is 2.63 bits per heavy atom. The van der Waals surface area contributed by atoms with Crippen LogP contribution in [0.25, 0.3) is 0 Å². The fourth-order valence-corrected chi connectivity index (χ4v) is 3.54. The minimum absolute atomic E-state index is 0.0745. The van der Waals surface area contributed by atoms with Gasteiger partial charge in [-0.05, 0) is 70.2 Å². The second-order valence-corrected chi connectivity index (χ2v) is 8.63. The van der Waals surface area contributed by atoms with Crippen LogP contribution in [-0.2, 0) is 16.0 Å². The summed E-state index contributed by atoms with van der Waals surface area (Å²) in [6.07, 6.45) is 1.46. The largest absolute Gasteiger partial charge is 0.480 e. The fraction of sp³-hybridized carbons (Fsp3) is 0.619. The molecule has 1 fully saturated rings. The maximum atomic E-state index is 12.7. The van der Waals surface area contributed by atoms with E-state index in [2.05, 4.69) is 18.3 Å². The van der Waals surface area contributed by atoms with Gasteiger partial charge in [0.15, 0.2) is 6.10 Å². The topological polar surface area (TPSA) is 67.9 Å². The molecule has 2 atom stereocenters. The van der Waals surface area contributed by atoms with Gasteiger partial charge in [0.25, 0.3) is 5.91 Å². The van der Waals surface area contributed by atoms with Gasteiger partial charge in [0.2, 0.25) is 0 Å². The molecule has 0 radical (unpaired) electrons. The lowest BCUT2D eigenvalue weighted by Gasteiger charge is -2.34. The summed E-state index contributed by atoms with van der Waals surface area (Å²) in [5, 5.41) is 3.06. The molecule has 0 aliphatic carbocycles. The molecule has 0 aromatic heterocycles. The van der Waals surface area contributed by atoms with E-state index in [4.69, 9.17) is 9.47 Å². The smallest absolute Gasteiger partial charge is 0.410 e. The monoisotopic (exact) mass is 374 g/mol. The number of likely N-dealkylation sites (tertiary alicyclic amines) is 1. The number of amides is 2. The molecule has 2 aliphatic rings. The Morgan fingerprint density at radius 1 is 1.22 bits per heavy atom. The number of fused-ring (bicyclic) bond motifs is 1. The Hall–Kier alpha value is -2.24.